The SMILES string of the molecule is C[C@]12CC[C@@H]3c4cc(C(=S)N5CCOCC5)c(O)cc4CC[C@H]3[C@@H]1CCC2=O. The minimum absolute atomic E-state index is 0.0957. The molecule has 28 heavy (non-hydrogen) atoms. The van der Waals surface area contributed by atoms with Gasteiger partial charge >= 0.3 is 0 Å². The summed E-state index contributed by atoms with van der Waals surface area (Å²) in [4.78, 5) is 15.4. The van der Waals surface area contributed by atoms with Crippen LogP contribution in [-0.4, -0.2) is 47.1 Å². The topological polar surface area (TPSA) is 49.8 Å². The standard InChI is InChI=1S/C23H29NO3S/c1-23-7-6-15-16(19(23)4-5-21(23)26)3-2-14-12-20(25)18(13-17(14)15)22(28)24-8-10-27-11-9-24/h12-13,15-16,19,25H,2-11H2,1H3/t15-,16+,19-,23-/m0/s1. The second kappa shape index (κ2) is 6.81. The maximum atomic E-state index is 12.5. The quantitative estimate of drug-likeness (QED) is 0.728. The third-order valence-corrected chi connectivity index (χ3v) is 8.56. The van der Waals surface area contributed by atoms with Crippen molar-refractivity contribution in [3.05, 3.63) is 28.8 Å². The first-order valence-electron chi connectivity index (χ1n) is 10.7. The summed E-state index contributed by atoms with van der Waals surface area (Å²) in [5, 5.41) is 10.7. The molecule has 1 aliphatic heterocycles. The van der Waals surface area contributed by atoms with Gasteiger partial charge in [-0.05, 0) is 73.1 Å². The Labute approximate surface area is 172 Å². The number of phenolic OH excluding ortho intramolecular Hbond substituents is 1. The molecule has 1 N–H and O–H groups in total. The largest absolute Gasteiger partial charge is 0.507 e. The zero-order chi connectivity index (χ0) is 19.5. The van der Waals surface area contributed by atoms with Gasteiger partial charge in [-0.3, -0.25) is 4.79 Å². The van der Waals surface area contributed by atoms with Gasteiger partial charge in [0.05, 0.1) is 18.8 Å². The van der Waals surface area contributed by atoms with Gasteiger partial charge in [-0.1, -0.05) is 19.1 Å². The number of nitrogens with zero attached hydrogens (tertiary/aromatic N) is 1. The van der Waals surface area contributed by atoms with Crippen molar-refractivity contribution in [2.75, 3.05) is 26.3 Å². The van der Waals surface area contributed by atoms with Gasteiger partial charge in [-0.25, -0.2) is 0 Å². The molecule has 3 aliphatic carbocycles. The highest BCUT2D eigenvalue weighted by Crippen LogP contribution is 2.59. The summed E-state index contributed by atoms with van der Waals surface area (Å²) in [6, 6.07) is 4.14. The van der Waals surface area contributed by atoms with E-state index in [1.807, 2.05) is 6.07 Å². The number of ether oxygens (including phenoxy) is 1. The summed E-state index contributed by atoms with van der Waals surface area (Å²) >= 11 is 5.75. The summed E-state index contributed by atoms with van der Waals surface area (Å²) < 4.78 is 5.44. The molecule has 150 valence electrons. The second-order valence-corrected chi connectivity index (χ2v) is 9.69. The lowest BCUT2D eigenvalue weighted by Gasteiger charge is -2.48. The molecule has 4 nitrogen and oxygen atoms in total. The monoisotopic (exact) mass is 399 g/mol. The van der Waals surface area contributed by atoms with Crippen LogP contribution in [-0.2, 0) is 16.0 Å². The van der Waals surface area contributed by atoms with Crippen LogP contribution in [0.15, 0.2) is 12.1 Å². The molecular formula is C23H29NO3S. The molecule has 3 fully saturated rings. The molecule has 0 spiro atoms. The number of hydrogen-bond donors (Lipinski definition) is 1. The zero-order valence-electron chi connectivity index (χ0n) is 16.6. The van der Waals surface area contributed by atoms with Crippen LogP contribution in [0.25, 0.3) is 0 Å². The van der Waals surface area contributed by atoms with Crippen molar-refractivity contribution in [2.24, 2.45) is 17.3 Å². The van der Waals surface area contributed by atoms with Gasteiger partial charge in [0.2, 0.25) is 0 Å². The Morgan fingerprint density at radius 1 is 1.21 bits per heavy atom. The summed E-state index contributed by atoms with van der Waals surface area (Å²) in [5.41, 5.74) is 3.36. The fourth-order valence-electron chi connectivity index (χ4n) is 6.49. The molecule has 5 heteroatoms. The van der Waals surface area contributed by atoms with Crippen molar-refractivity contribution in [3.8, 4) is 5.75 Å². The normalized spacial score (nSPS) is 34.5. The van der Waals surface area contributed by atoms with Crippen LogP contribution in [0.1, 0.15) is 61.6 Å². The number of carbonyl (C=O) groups is 1. The number of aryl methyl sites for hydroxylation is 1. The van der Waals surface area contributed by atoms with Crippen LogP contribution in [0.5, 0.6) is 5.75 Å². The molecular weight excluding hydrogens is 370 g/mol. The molecule has 0 radical (unpaired) electrons. The van der Waals surface area contributed by atoms with Crippen LogP contribution < -0.4 is 0 Å². The molecule has 1 aromatic rings. The van der Waals surface area contributed by atoms with Gasteiger partial charge < -0.3 is 14.7 Å². The van der Waals surface area contributed by atoms with Crippen LogP contribution >= 0.6 is 12.2 Å². The Balaban J connectivity index is 1.48. The van der Waals surface area contributed by atoms with E-state index in [4.69, 9.17) is 17.0 Å². The van der Waals surface area contributed by atoms with Crippen molar-refractivity contribution in [3.63, 3.8) is 0 Å². The third kappa shape index (κ3) is 2.73. The fourth-order valence-corrected chi connectivity index (χ4v) is 6.83. The summed E-state index contributed by atoms with van der Waals surface area (Å²) in [7, 11) is 0. The van der Waals surface area contributed by atoms with Crippen molar-refractivity contribution in [2.45, 2.75) is 51.4 Å². The Morgan fingerprint density at radius 2 is 2.00 bits per heavy atom. The number of ketones is 1. The van der Waals surface area contributed by atoms with E-state index in [0.717, 1.165) is 62.2 Å². The highest BCUT2D eigenvalue weighted by molar-refractivity contribution is 7.80. The van der Waals surface area contributed by atoms with Crippen LogP contribution in [0, 0.1) is 17.3 Å². The predicted molar refractivity (Wildman–Crippen MR) is 112 cm³/mol. The van der Waals surface area contributed by atoms with Crippen LogP contribution in [0.3, 0.4) is 0 Å². The number of fused-ring (bicyclic) bond motifs is 5. The number of rotatable bonds is 1. The number of thiocarbonyl (C=S) groups is 1. The maximum absolute atomic E-state index is 12.5. The van der Waals surface area contributed by atoms with E-state index >= 15 is 0 Å². The average Bonchev–Trinajstić information content (AvgIpc) is 3.02. The van der Waals surface area contributed by atoms with Crippen molar-refractivity contribution < 1.29 is 14.6 Å². The lowest BCUT2D eigenvalue weighted by atomic mass is 9.55. The van der Waals surface area contributed by atoms with E-state index in [1.54, 1.807) is 0 Å². The molecule has 4 aliphatic rings. The number of Topliss-reactive ketones (excluding diaryl/α,β-unsaturated/α-hetero) is 1. The third-order valence-electron chi connectivity index (χ3n) is 8.08. The minimum Gasteiger partial charge on any atom is -0.507 e. The van der Waals surface area contributed by atoms with E-state index in [-0.39, 0.29) is 5.41 Å². The summed E-state index contributed by atoms with van der Waals surface area (Å²) in [6.45, 7) is 5.15. The molecule has 0 bridgehead atoms. The van der Waals surface area contributed by atoms with Gasteiger partial charge in [-0.15, -0.1) is 0 Å². The zero-order valence-corrected chi connectivity index (χ0v) is 17.4. The Morgan fingerprint density at radius 3 is 2.79 bits per heavy atom. The Kier molecular flexibility index (Phi) is 4.51. The molecule has 4 atom stereocenters. The lowest BCUT2D eigenvalue weighted by molar-refractivity contribution is -0.129. The molecule has 1 aromatic carbocycles. The van der Waals surface area contributed by atoms with Crippen molar-refractivity contribution in [1.29, 1.82) is 0 Å². The lowest BCUT2D eigenvalue weighted by Crippen LogP contribution is -2.42. The van der Waals surface area contributed by atoms with E-state index in [0.29, 0.717) is 42.5 Å². The van der Waals surface area contributed by atoms with Gasteiger partial charge in [0.15, 0.2) is 0 Å². The molecule has 0 amide bonds. The molecule has 1 saturated heterocycles. The first-order chi connectivity index (χ1) is 13.5. The first kappa shape index (κ1) is 18.6. The average molecular weight is 400 g/mol. The molecule has 1 heterocycles. The fraction of sp³-hybridized carbons (Fsp3) is 0.652. The van der Waals surface area contributed by atoms with E-state index in [2.05, 4.69) is 17.9 Å². The van der Waals surface area contributed by atoms with Crippen LogP contribution in [0.4, 0.5) is 0 Å². The van der Waals surface area contributed by atoms with Crippen LogP contribution in [0.2, 0.25) is 0 Å². The summed E-state index contributed by atoms with van der Waals surface area (Å²) in [6.07, 6.45) is 6.03. The Bertz CT molecular complexity index is 831. The van der Waals surface area contributed by atoms with E-state index in [9.17, 15) is 9.90 Å². The number of phenols is 1. The Hall–Kier alpha value is -1.46. The highest BCUT2D eigenvalue weighted by Gasteiger charge is 2.54. The first-order valence-corrected chi connectivity index (χ1v) is 11.2. The summed E-state index contributed by atoms with van der Waals surface area (Å²) in [5.74, 6) is 2.41. The highest BCUT2D eigenvalue weighted by atomic mass is 32.1. The number of hydrogen-bond acceptors (Lipinski definition) is 4. The van der Waals surface area contributed by atoms with Crippen molar-refractivity contribution in [1.82, 2.24) is 4.90 Å². The number of aromatic hydroxyl groups is 1. The second-order valence-electron chi connectivity index (χ2n) is 9.31. The molecule has 0 aromatic heterocycles. The van der Waals surface area contributed by atoms with E-state index in [1.165, 1.54) is 11.1 Å². The molecule has 2 saturated carbocycles. The van der Waals surface area contributed by atoms with Gasteiger partial charge in [0, 0.05) is 24.9 Å². The number of carbonyl (C=O) groups excluding carboxylic acids is 1. The number of morpholine rings is 1. The number of benzene rings is 1. The smallest absolute Gasteiger partial charge is 0.139 e. The molecule has 0 unspecified atom stereocenters. The maximum Gasteiger partial charge on any atom is 0.139 e. The van der Waals surface area contributed by atoms with Gasteiger partial charge in [0.25, 0.3) is 0 Å². The van der Waals surface area contributed by atoms with Crippen molar-refractivity contribution >= 4 is 23.0 Å². The van der Waals surface area contributed by atoms with E-state index < -0.39 is 0 Å². The van der Waals surface area contributed by atoms with Gasteiger partial charge in [0.1, 0.15) is 16.5 Å². The predicted octanol–water partition coefficient (Wildman–Crippen LogP) is 3.83. The minimum atomic E-state index is -0.0957. The van der Waals surface area contributed by atoms with Gasteiger partial charge in [-0.2, -0.15) is 0 Å². The molecule has 5 rings (SSSR count).